The Balaban J connectivity index is 3.60. The summed E-state index contributed by atoms with van der Waals surface area (Å²) >= 11 is 0. The summed E-state index contributed by atoms with van der Waals surface area (Å²) in [6, 6.07) is -0.312. The number of carbonyl (C=O) groups excluding carboxylic acids is 1. The molecule has 88 valence electrons. The zero-order valence-electron chi connectivity index (χ0n) is 9.99. The number of ketones is 1. The molecule has 0 aliphatic carbocycles. The maximum absolute atomic E-state index is 11.4. The fourth-order valence-electron chi connectivity index (χ4n) is 1.30. The number of nitrogens with two attached hydrogens (primary N) is 2. The van der Waals surface area contributed by atoms with Gasteiger partial charge < -0.3 is 11.5 Å². The van der Waals surface area contributed by atoms with Crippen LogP contribution in [0.25, 0.3) is 0 Å². The van der Waals surface area contributed by atoms with E-state index in [0.29, 0.717) is 5.84 Å². The molecule has 4 heteroatoms. The Kier molecular flexibility index (Phi) is 6.96. The smallest absolute Gasteiger partial charge is 0.152 e. The van der Waals surface area contributed by atoms with Gasteiger partial charge in [-0.3, -0.25) is 9.79 Å². The maximum Gasteiger partial charge on any atom is 0.152 e. The predicted molar refractivity (Wildman–Crippen MR) is 63.8 cm³/mol. The van der Waals surface area contributed by atoms with Crippen molar-refractivity contribution in [2.24, 2.45) is 22.4 Å². The van der Waals surface area contributed by atoms with E-state index in [9.17, 15) is 4.79 Å². The minimum Gasteiger partial charge on any atom is -0.388 e. The lowest BCUT2D eigenvalue weighted by Crippen LogP contribution is -2.33. The van der Waals surface area contributed by atoms with Crippen LogP contribution in [0.15, 0.2) is 4.99 Å². The Labute approximate surface area is 92.1 Å². The number of nitrogens with zero attached hydrogens (tertiary/aromatic N) is 1. The van der Waals surface area contributed by atoms with Crippen LogP contribution in [-0.4, -0.2) is 24.2 Å². The molecule has 0 spiro atoms. The first-order valence-electron chi connectivity index (χ1n) is 5.51. The number of hydrogen-bond acceptors (Lipinski definition) is 3. The monoisotopic (exact) mass is 213 g/mol. The van der Waals surface area contributed by atoms with Crippen molar-refractivity contribution in [3.05, 3.63) is 0 Å². The zero-order chi connectivity index (χ0) is 11.8. The normalized spacial score (nSPS) is 14.3. The Morgan fingerprint density at radius 3 is 2.40 bits per heavy atom. The second kappa shape index (κ2) is 7.40. The second-order valence-electron chi connectivity index (χ2n) is 4.18. The first kappa shape index (κ1) is 14.1. The zero-order valence-corrected chi connectivity index (χ0v) is 9.99. The molecule has 0 aromatic rings. The van der Waals surface area contributed by atoms with Crippen LogP contribution in [0.2, 0.25) is 0 Å². The molecule has 0 fully saturated rings. The Bertz CT molecular complexity index is 220. The van der Waals surface area contributed by atoms with Gasteiger partial charge in [-0.25, -0.2) is 0 Å². The van der Waals surface area contributed by atoms with Gasteiger partial charge in [0.1, 0.15) is 0 Å². The Morgan fingerprint density at radius 2 is 1.93 bits per heavy atom. The van der Waals surface area contributed by atoms with E-state index in [1.807, 2.05) is 13.8 Å². The highest BCUT2D eigenvalue weighted by Gasteiger charge is 2.15. The summed E-state index contributed by atoms with van der Waals surface area (Å²) in [6.45, 7) is 6.26. The van der Waals surface area contributed by atoms with E-state index in [1.54, 1.807) is 6.92 Å². The van der Waals surface area contributed by atoms with Gasteiger partial charge in [0.05, 0.1) is 11.9 Å². The summed E-state index contributed by atoms with van der Waals surface area (Å²) in [6.07, 6.45) is 2.61. The van der Waals surface area contributed by atoms with Crippen molar-refractivity contribution in [1.29, 1.82) is 0 Å². The predicted octanol–water partition coefficient (Wildman–Crippen LogP) is 1.09. The van der Waals surface area contributed by atoms with E-state index in [-0.39, 0.29) is 17.7 Å². The van der Waals surface area contributed by atoms with Gasteiger partial charge in [-0.1, -0.05) is 13.8 Å². The molecule has 0 heterocycles. The van der Waals surface area contributed by atoms with Crippen molar-refractivity contribution >= 4 is 11.6 Å². The van der Waals surface area contributed by atoms with Gasteiger partial charge in [0, 0.05) is 12.5 Å². The average molecular weight is 213 g/mol. The van der Waals surface area contributed by atoms with Crippen molar-refractivity contribution in [1.82, 2.24) is 0 Å². The highest BCUT2D eigenvalue weighted by atomic mass is 16.1. The van der Waals surface area contributed by atoms with E-state index < -0.39 is 0 Å². The second-order valence-corrected chi connectivity index (χ2v) is 4.18. The lowest BCUT2D eigenvalue weighted by atomic mass is 9.98. The fraction of sp³-hybridized carbons (Fsp3) is 0.818. The highest BCUT2D eigenvalue weighted by Crippen LogP contribution is 2.05. The minimum atomic E-state index is -0.312. The molecule has 4 nitrogen and oxygen atoms in total. The third kappa shape index (κ3) is 7.08. The largest absolute Gasteiger partial charge is 0.388 e. The molecule has 0 aliphatic rings. The number of rotatable bonds is 7. The summed E-state index contributed by atoms with van der Waals surface area (Å²) in [7, 11) is 0. The van der Waals surface area contributed by atoms with Crippen LogP contribution in [0.3, 0.4) is 0 Å². The molecule has 15 heavy (non-hydrogen) atoms. The van der Waals surface area contributed by atoms with E-state index in [4.69, 9.17) is 11.5 Å². The van der Waals surface area contributed by atoms with Crippen LogP contribution in [-0.2, 0) is 4.79 Å². The molecule has 1 atom stereocenters. The number of unbranched alkanes of at least 4 members (excludes halogenated alkanes) is 1. The average Bonchev–Trinajstić information content (AvgIpc) is 2.15. The quantitative estimate of drug-likeness (QED) is 0.377. The summed E-state index contributed by atoms with van der Waals surface area (Å²) in [5.41, 5.74) is 11.1. The molecule has 0 unspecified atom stereocenters. The SMILES string of the molecule is CC(N)=NCCCC[C@@H](N)C(=O)C(C)C. The topological polar surface area (TPSA) is 81.5 Å². The van der Waals surface area contributed by atoms with Crippen molar-refractivity contribution in [3.8, 4) is 0 Å². The molecular weight excluding hydrogens is 190 g/mol. The Morgan fingerprint density at radius 1 is 1.33 bits per heavy atom. The van der Waals surface area contributed by atoms with Crippen LogP contribution < -0.4 is 11.5 Å². The van der Waals surface area contributed by atoms with Crippen molar-refractivity contribution < 1.29 is 4.79 Å². The molecule has 0 saturated heterocycles. The Hall–Kier alpha value is -0.900. The number of hydrogen-bond donors (Lipinski definition) is 2. The molecule has 0 rings (SSSR count). The van der Waals surface area contributed by atoms with Crippen molar-refractivity contribution in [3.63, 3.8) is 0 Å². The van der Waals surface area contributed by atoms with E-state index in [1.165, 1.54) is 0 Å². The van der Waals surface area contributed by atoms with Crippen LogP contribution in [0.1, 0.15) is 40.0 Å². The lowest BCUT2D eigenvalue weighted by molar-refractivity contribution is -0.123. The third-order valence-corrected chi connectivity index (χ3v) is 2.22. The van der Waals surface area contributed by atoms with Gasteiger partial charge >= 0.3 is 0 Å². The van der Waals surface area contributed by atoms with Gasteiger partial charge in [0.25, 0.3) is 0 Å². The van der Waals surface area contributed by atoms with Crippen LogP contribution in [0.4, 0.5) is 0 Å². The molecular formula is C11H23N3O. The van der Waals surface area contributed by atoms with E-state index in [2.05, 4.69) is 4.99 Å². The molecule has 0 aromatic carbocycles. The number of aliphatic imine (C=N–C) groups is 1. The minimum absolute atomic E-state index is 0.0318. The standard InChI is InChI=1S/C11H23N3O/c1-8(2)11(15)10(13)6-4-5-7-14-9(3)12/h8,10H,4-7,13H2,1-3H3,(H2,12,14)/t10-/m1/s1. The van der Waals surface area contributed by atoms with Gasteiger partial charge in [-0.2, -0.15) is 0 Å². The van der Waals surface area contributed by atoms with Crippen LogP contribution in [0, 0.1) is 5.92 Å². The van der Waals surface area contributed by atoms with E-state index >= 15 is 0 Å². The molecule has 0 radical (unpaired) electrons. The summed E-state index contributed by atoms with van der Waals surface area (Å²) in [5, 5.41) is 0. The lowest BCUT2D eigenvalue weighted by Gasteiger charge is -2.12. The third-order valence-electron chi connectivity index (χ3n) is 2.22. The van der Waals surface area contributed by atoms with Gasteiger partial charge in [-0.15, -0.1) is 0 Å². The number of amidine groups is 1. The molecule has 0 amide bonds. The molecule has 0 aliphatic heterocycles. The summed E-state index contributed by atoms with van der Waals surface area (Å²) in [4.78, 5) is 15.5. The van der Waals surface area contributed by atoms with Gasteiger partial charge in [0.2, 0.25) is 0 Å². The summed E-state index contributed by atoms with van der Waals surface area (Å²) < 4.78 is 0. The van der Waals surface area contributed by atoms with Gasteiger partial charge in [0.15, 0.2) is 5.78 Å². The molecule has 0 bridgehead atoms. The number of carbonyl (C=O) groups is 1. The van der Waals surface area contributed by atoms with E-state index in [0.717, 1.165) is 25.8 Å². The van der Waals surface area contributed by atoms with Gasteiger partial charge in [-0.05, 0) is 26.2 Å². The maximum atomic E-state index is 11.4. The fourth-order valence-corrected chi connectivity index (χ4v) is 1.30. The van der Waals surface area contributed by atoms with Crippen LogP contribution in [0.5, 0.6) is 0 Å². The first-order chi connectivity index (χ1) is 6.95. The molecule has 0 saturated carbocycles. The summed E-state index contributed by atoms with van der Waals surface area (Å²) in [5.74, 6) is 0.787. The first-order valence-corrected chi connectivity index (χ1v) is 5.51. The van der Waals surface area contributed by atoms with Crippen molar-refractivity contribution in [2.75, 3.05) is 6.54 Å². The molecule has 4 N–H and O–H groups in total. The van der Waals surface area contributed by atoms with Crippen molar-refractivity contribution in [2.45, 2.75) is 46.1 Å². The van der Waals surface area contributed by atoms with Crippen LogP contribution >= 0.6 is 0 Å². The number of Topliss-reactive ketones (excluding diaryl/α,β-unsaturated/α-hetero) is 1. The highest BCUT2D eigenvalue weighted by molar-refractivity contribution is 5.85. The molecule has 0 aromatic heterocycles.